The van der Waals surface area contributed by atoms with Gasteiger partial charge < -0.3 is 9.80 Å². The lowest BCUT2D eigenvalue weighted by Crippen LogP contribution is -2.50. The molecule has 1 aromatic heterocycles. The summed E-state index contributed by atoms with van der Waals surface area (Å²) in [4.78, 5) is 9.09. The van der Waals surface area contributed by atoms with Crippen molar-refractivity contribution in [1.29, 1.82) is 0 Å². The molecule has 3 nitrogen and oxygen atoms in total. The highest BCUT2D eigenvalue weighted by atomic mass is 79.9. The second-order valence-corrected chi connectivity index (χ2v) is 5.49. The summed E-state index contributed by atoms with van der Waals surface area (Å²) in [5.41, 5.74) is 0. The maximum absolute atomic E-state index is 6.03. The van der Waals surface area contributed by atoms with E-state index in [0.29, 0.717) is 6.04 Å². The van der Waals surface area contributed by atoms with Crippen LogP contribution in [0.5, 0.6) is 0 Å². The van der Waals surface area contributed by atoms with E-state index in [1.807, 2.05) is 12.1 Å². The molecule has 16 heavy (non-hydrogen) atoms. The van der Waals surface area contributed by atoms with Crippen molar-refractivity contribution in [3.05, 3.63) is 21.8 Å². The van der Waals surface area contributed by atoms with E-state index in [9.17, 15) is 0 Å². The first-order valence-corrected chi connectivity index (χ1v) is 6.51. The van der Waals surface area contributed by atoms with Crippen LogP contribution in [0.15, 0.2) is 16.7 Å². The fourth-order valence-electron chi connectivity index (χ4n) is 1.87. The quantitative estimate of drug-likeness (QED) is 0.744. The first kappa shape index (κ1) is 12.1. The lowest BCUT2D eigenvalue weighted by atomic mass is 10.2. The van der Waals surface area contributed by atoms with Crippen molar-refractivity contribution in [2.45, 2.75) is 13.0 Å². The Balaban J connectivity index is 2.18. The van der Waals surface area contributed by atoms with E-state index in [2.05, 4.69) is 44.7 Å². The molecule has 1 fully saturated rings. The molecule has 0 aromatic carbocycles. The topological polar surface area (TPSA) is 19.4 Å². The van der Waals surface area contributed by atoms with E-state index < -0.39 is 0 Å². The number of piperazine rings is 1. The number of pyridine rings is 1. The van der Waals surface area contributed by atoms with Crippen molar-refractivity contribution in [3.63, 3.8) is 0 Å². The molecule has 1 saturated heterocycles. The number of nitrogens with zero attached hydrogens (tertiary/aromatic N) is 3. The van der Waals surface area contributed by atoms with E-state index in [-0.39, 0.29) is 0 Å². The smallest absolute Gasteiger partial charge is 0.131 e. The maximum Gasteiger partial charge on any atom is 0.131 e. The van der Waals surface area contributed by atoms with Crippen LogP contribution in [0.4, 0.5) is 5.82 Å². The van der Waals surface area contributed by atoms with Crippen molar-refractivity contribution in [2.75, 3.05) is 31.6 Å². The van der Waals surface area contributed by atoms with E-state index >= 15 is 0 Å². The molecule has 2 heterocycles. The molecule has 88 valence electrons. The fraction of sp³-hybridized carbons (Fsp3) is 0.545. The van der Waals surface area contributed by atoms with Gasteiger partial charge in [0.2, 0.25) is 0 Å². The molecule has 0 saturated carbocycles. The minimum absolute atomic E-state index is 0.549. The van der Waals surface area contributed by atoms with Gasteiger partial charge >= 0.3 is 0 Å². The van der Waals surface area contributed by atoms with Crippen molar-refractivity contribution in [2.24, 2.45) is 0 Å². The van der Waals surface area contributed by atoms with Crippen LogP contribution < -0.4 is 4.90 Å². The second-order valence-electron chi connectivity index (χ2n) is 4.24. The molecule has 0 N–H and O–H groups in total. The molecule has 2 rings (SSSR count). The van der Waals surface area contributed by atoms with E-state index in [1.54, 1.807) is 0 Å². The van der Waals surface area contributed by atoms with Crippen molar-refractivity contribution < 1.29 is 0 Å². The van der Waals surface area contributed by atoms with Gasteiger partial charge in [-0.3, -0.25) is 0 Å². The normalized spacial score (nSPS) is 22.5. The number of halogens is 2. The largest absolute Gasteiger partial charge is 0.354 e. The van der Waals surface area contributed by atoms with E-state index in [4.69, 9.17) is 11.6 Å². The molecule has 1 aromatic rings. The molecular weight excluding hydrogens is 289 g/mol. The molecule has 1 unspecified atom stereocenters. The summed E-state index contributed by atoms with van der Waals surface area (Å²) in [6, 6.07) is 4.28. The zero-order valence-corrected chi connectivity index (χ0v) is 11.8. The molecule has 0 aliphatic carbocycles. The second kappa shape index (κ2) is 4.90. The first-order valence-electron chi connectivity index (χ1n) is 5.34. The molecule has 0 spiro atoms. The highest BCUT2D eigenvalue weighted by molar-refractivity contribution is 9.10. The van der Waals surface area contributed by atoms with Gasteiger partial charge in [0.1, 0.15) is 10.4 Å². The van der Waals surface area contributed by atoms with Gasteiger partial charge in [0, 0.05) is 30.7 Å². The average Bonchev–Trinajstić information content (AvgIpc) is 2.20. The predicted molar refractivity (Wildman–Crippen MR) is 71.3 cm³/mol. The molecular formula is C11H15BrClN3. The highest BCUT2D eigenvalue weighted by Crippen LogP contribution is 2.23. The van der Waals surface area contributed by atoms with Crippen LogP contribution in [0.2, 0.25) is 5.02 Å². The van der Waals surface area contributed by atoms with E-state index in [0.717, 1.165) is 35.1 Å². The molecule has 0 radical (unpaired) electrons. The van der Waals surface area contributed by atoms with Crippen LogP contribution in [0.25, 0.3) is 0 Å². The number of anilines is 1. The SMILES string of the molecule is CC1CN(c2cc(Cl)cc(Br)n2)CCN1C. The molecule has 0 amide bonds. The third-order valence-electron chi connectivity index (χ3n) is 3.03. The van der Waals surface area contributed by atoms with Crippen LogP contribution in [-0.2, 0) is 0 Å². The number of likely N-dealkylation sites (N-methyl/N-ethyl adjacent to an activating group) is 1. The van der Waals surface area contributed by atoms with Gasteiger partial charge in [-0.05, 0) is 42.0 Å². The zero-order valence-electron chi connectivity index (χ0n) is 9.45. The average molecular weight is 305 g/mol. The highest BCUT2D eigenvalue weighted by Gasteiger charge is 2.21. The van der Waals surface area contributed by atoms with Gasteiger partial charge in [-0.2, -0.15) is 0 Å². The molecule has 1 aliphatic heterocycles. The molecule has 5 heteroatoms. The number of hydrogen-bond donors (Lipinski definition) is 0. The summed E-state index contributed by atoms with van der Waals surface area (Å²) in [5, 5.41) is 0.725. The van der Waals surface area contributed by atoms with Crippen molar-refractivity contribution in [3.8, 4) is 0 Å². The van der Waals surface area contributed by atoms with Crippen LogP contribution in [0.3, 0.4) is 0 Å². The maximum atomic E-state index is 6.03. The minimum Gasteiger partial charge on any atom is -0.354 e. The van der Waals surface area contributed by atoms with Gasteiger partial charge in [0.25, 0.3) is 0 Å². The first-order chi connectivity index (χ1) is 7.56. The van der Waals surface area contributed by atoms with E-state index in [1.165, 1.54) is 0 Å². The zero-order chi connectivity index (χ0) is 11.7. The third kappa shape index (κ3) is 2.67. The Kier molecular flexibility index (Phi) is 3.72. The lowest BCUT2D eigenvalue weighted by molar-refractivity contribution is 0.233. The van der Waals surface area contributed by atoms with Crippen molar-refractivity contribution in [1.82, 2.24) is 9.88 Å². The summed E-state index contributed by atoms with van der Waals surface area (Å²) in [6.07, 6.45) is 0. The number of aromatic nitrogens is 1. The van der Waals surface area contributed by atoms with Gasteiger partial charge in [0.15, 0.2) is 0 Å². The Morgan fingerprint density at radius 1 is 1.44 bits per heavy atom. The Morgan fingerprint density at radius 3 is 2.81 bits per heavy atom. The molecule has 1 atom stereocenters. The molecule has 1 aliphatic rings. The summed E-state index contributed by atoms with van der Waals surface area (Å²) < 4.78 is 0.793. The monoisotopic (exact) mass is 303 g/mol. The lowest BCUT2D eigenvalue weighted by Gasteiger charge is -2.38. The van der Waals surface area contributed by atoms with Crippen LogP contribution >= 0.6 is 27.5 Å². The van der Waals surface area contributed by atoms with Gasteiger partial charge in [-0.1, -0.05) is 11.6 Å². The fourth-order valence-corrected chi connectivity index (χ4v) is 2.63. The number of hydrogen-bond acceptors (Lipinski definition) is 3. The number of rotatable bonds is 1. The summed E-state index contributed by atoms with van der Waals surface area (Å²) in [5.74, 6) is 0.958. The van der Waals surface area contributed by atoms with Gasteiger partial charge in [-0.25, -0.2) is 4.98 Å². The minimum atomic E-state index is 0.549. The molecule has 0 bridgehead atoms. The Morgan fingerprint density at radius 2 is 2.19 bits per heavy atom. The summed E-state index contributed by atoms with van der Waals surface area (Å²) in [7, 11) is 2.16. The summed E-state index contributed by atoms with van der Waals surface area (Å²) >= 11 is 9.40. The van der Waals surface area contributed by atoms with Crippen LogP contribution in [0, 0.1) is 0 Å². The predicted octanol–water partition coefficient (Wildman–Crippen LogP) is 2.64. The Labute approximate surface area is 110 Å². The van der Waals surface area contributed by atoms with Crippen LogP contribution in [0.1, 0.15) is 6.92 Å². The third-order valence-corrected chi connectivity index (χ3v) is 3.65. The Bertz CT molecular complexity index is 365. The van der Waals surface area contributed by atoms with Crippen LogP contribution in [-0.4, -0.2) is 42.6 Å². The van der Waals surface area contributed by atoms with Gasteiger partial charge in [-0.15, -0.1) is 0 Å². The summed E-state index contributed by atoms with van der Waals surface area (Å²) in [6.45, 7) is 5.29. The Hall–Kier alpha value is -0.320. The standard InChI is InChI=1S/C11H15BrClN3/c1-8-7-16(4-3-15(8)2)11-6-9(13)5-10(12)14-11/h5-6,8H,3-4,7H2,1-2H3. The van der Waals surface area contributed by atoms with Crippen molar-refractivity contribution >= 4 is 33.3 Å². The van der Waals surface area contributed by atoms with Gasteiger partial charge in [0.05, 0.1) is 0 Å².